The van der Waals surface area contributed by atoms with Crippen LogP contribution < -0.4 is 15.2 Å². The van der Waals surface area contributed by atoms with Gasteiger partial charge in [-0.15, -0.1) is 13.2 Å². The average Bonchev–Trinajstić information content (AvgIpc) is 2.10. The topological polar surface area (TPSA) is 44.5 Å². The molecule has 9 heteroatoms. The molecule has 0 aliphatic carbocycles. The molecule has 0 aromatic heterocycles. The Balaban J connectivity index is 3.06. The summed E-state index contributed by atoms with van der Waals surface area (Å²) in [5.74, 6) is -3.43. The van der Waals surface area contributed by atoms with E-state index in [4.69, 9.17) is 5.73 Å². The van der Waals surface area contributed by atoms with Crippen LogP contribution in [0, 0.1) is 5.82 Å². The number of hydrogen-bond acceptors (Lipinski definition) is 3. The Morgan fingerprint density at radius 1 is 1.12 bits per heavy atom. The predicted octanol–water partition coefficient (Wildman–Crippen LogP) is 2.91. The van der Waals surface area contributed by atoms with Crippen molar-refractivity contribution in [3.05, 3.63) is 17.9 Å². The van der Waals surface area contributed by atoms with Crippen molar-refractivity contribution >= 4 is 5.69 Å². The Morgan fingerprint density at radius 3 is 2.18 bits per heavy atom. The van der Waals surface area contributed by atoms with E-state index < -0.39 is 36.0 Å². The van der Waals surface area contributed by atoms with E-state index in [1.807, 2.05) is 0 Å². The SMILES string of the molecule is Nc1cc(F)c(OC(F)F)cc1OC(F)(F)F. The number of nitrogen functional groups attached to an aromatic ring is 1. The fraction of sp³-hybridized carbons (Fsp3) is 0.250. The monoisotopic (exact) mass is 261 g/mol. The van der Waals surface area contributed by atoms with E-state index in [1.165, 1.54) is 0 Å². The highest BCUT2D eigenvalue weighted by atomic mass is 19.4. The van der Waals surface area contributed by atoms with Gasteiger partial charge in [0.15, 0.2) is 17.3 Å². The summed E-state index contributed by atoms with van der Waals surface area (Å²) in [7, 11) is 0. The molecular weight excluding hydrogens is 256 g/mol. The number of rotatable bonds is 3. The van der Waals surface area contributed by atoms with Gasteiger partial charge >= 0.3 is 13.0 Å². The number of anilines is 1. The fourth-order valence-corrected chi connectivity index (χ4v) is 0.949. The Morgan fingerprint density at radius 2 is 1.71 bits per heavy atom. The van der Waals surface area contributed by atoms with Crippen molar-refractivity contribution in [2.75, 3.05) is 5.73 Å². The number of halogens is 6. The lowest BCUT2D eigenvalue weighted by Crippen LogP contribution is -2.18. The number of alkyl halides is 5. The lowest BCUT2D eigenvalue weighted by molar-refractivity contribution is -0.274. The van der Waals surface area contributed by atoms with Crippen molar-refractivity contribution in [1.82, 2.24) is 0 Å². The van der Waals surface area contributed by atoms with E-state index in [-0.39, 0.29) is 0 Å². The number of hydrogen-bond donors (Lipinski definition) is 1. The summed E-state index contributed by atoms with van der Waals surface area (Å²) in [5, 5.41) is 0. The molecule has 0 spiro atoms. The molecule has 3 nitrogen and oxygen atoms in total. The standard InChI is InChI=1S/C8H5F6NO2/c9-3-1-4(15)6(17-8(12,13)14)2-5(3)16-7(10)11/h1-2,7H,15H2. The minimum Gasteiger partial charge on any atom is -0.432 e. The molecular formula is C8H5F6NO2. The Bertz CT molecular complexity index is 406. The van der Waals surface area contributed by atoms with Crippen LogP contribution in [0.2, 0.25) is 0 Å². The minimum absolute atomic E-state index is 0.296. The van der Waals surface area contributed by atoms with Crippen molar-refractivity contribution in [2.45, 2.75) is 13.0 Å². The second-order valence-electron chi connectivity index (χ2n) is 2.75. The van der Waals surface area contributed by atoms with E-state index >= 15 is 0 Å². The first kappa shape index (κ1) is 13.3. The van der Waals surface area contributed by atoms with Gasteiger partial charge < -0.3 is 15.2 Å². The predicted molar refractivity (Wildman–Crippen MR) is 44.1 cm³/mol. The summed E-state index contributed by atoms with van der Waals surface area (Å²) in [6.45, 7) is -3.38. The molecule has 1 aromatic rings. The van der Waals surface area contributed by atoms with Crippen LogP contribution in [0.3, 0.4) is 0 Å². The summed E-state index contributed by atoms with van der Waals surface area (Å²) in [6.07, 6.45) is -5.08. The smallest absolute Gasteiger partial charge is 0.432 e. The van der Waals surface area contributed by atoms with Gasteiger partial charge in [-0.05, 0) is 0 Å². The molecule has 0 amide bonds. The molecule has 1 rings (SSSR count). The molecule has 0 saturated carbocycles. The van der Waals surface area contributed by atoms with Crippen molar-refractivity contribution < 1.29 is 35.8 Å². The molecule has 0 atom stereocenters. The van der Waals surface area contributed by atoms with Crippen LogP contribution in [0.4, 0.5) is 32.0 Å². The van der Waals surface area contributed by atoms with Crippen molar-refractivity contribution in [2.24, 2.45) is 0 Å². The zero-order valence-corrected chi connectivity index (χ0v) is 7.89. The number of ether oxygens (including phenoxy) is 2. The average molecular weight is 261 g/mol. The van der Waals surface area contributed by atoms with Crippen LogP contribution in [0.5, 0.6) is 11.5 Å². The van der Waals surface area contributed by atoms with Gasteiger partial charge in [0.25, 0.3) is 0 Å². The highest BCUT2D eigenvalue weighted by Crippen LogP contribution is 2.34. The molecule has 0 radical (unpaired) electrons. The Hall–Kier alpha value is -1.80. The first-order valence-electron chi connectivity index (χ1n) is 3.98. The van der Waals surface area contributed by atoms with Gasteiger partial charge in [0.2, 0.25) is 0 Å². The Labute approximate surface area is 90.7 Å². The minimum atomic E-state index is -5.08. The third-order valence-electron chi connectivity index (χ3n) is 1.51. The summed E-state index contributed by atoms with van der Waals surface area (Å²) in [6, 6.07) is 0.684. The third-order valence-corrected chi connectivity index (χ3v) is 1.51. The second kappa shape index (κ2) is 4.60. The summed E-state index contributed by atoms with van der Waals surface area (Å²) in [4.78, 5) is 0. The summed E-state index contributed by atoms with van der Waals surface area (Å²) >= 11 is 0. The van der Waals surface area contributed by atoms with Crippen molar-refractivity contribution in [1.29, 1.82) is 0 Å². The normalized spacial score (nSPS) is 11.7. The molecule has 0 saturated heterocycles. The lowest BCUT2D eigenvalue weighted by Gasteiger charge is -2.13. The van der Waals surface area contributed by atoms with Gasteiger partial charge in [0, 0.05) is 12.1 Å². The van der Waals surface area contributed by atoms with E-state index in [9.17, 15) is 26.3 Å². The van der Waals surface area contributed by atoms with Crippen LogP contribution in [-0.2, 0) is 0 Å². The maximum atomic E-state index is 12.9. The fourth-order valence-electron chi connectivity index (χ4n) is 0.949. The van der Waals surface area contributed by atoms with Crippen LogP contribution >= 0.6 is 0 Å². The maximum Gasteiger partial charge on any atom is 0.573 e. The first-order chi connectivity index (χ1) is 7.69. The van der Waals surface area contributed by atoms with Gasteiger partial charge in [-0.1, -0.05) is 0 Å². The maximum absolute atomic E-state index is 12.9. The molecule has 0 aliphatic heterocycles. The van der Waals surface area contributed by atoms with Gasteiger partial charge in [-0.3, -0.25) is 0 Å². The molecule has 2 N–H and O–H groups in total. The van der Waals surface area contributed by atoms with Crippen molar-refractivity contribution in [3.8, 4) is 11.5 Å². The van der Waals surface area contributed by atoms with E-state index in [1.54, 1.807) is 0 Å². The third kappa shape index (κ3) is 3.93. The van der Waals surface area contributed by atoms with Gasteiger partial charge in [-0.2, -0.15) is 8.78 Å². The highest BCUT2D eigenvalue weighted by molar-refractivity contribution is 5.56. The molecule has 96 valence electrons. The lowest BCUT2D eigenvalue weighted by atomic mass is 10.2. The molecule has 1 aromatic carbocycles. The van der Waals surface area contributed by atoms with Crippen LogP contribution in [0.15, 0.2) is 12.1 Å². The molecule has 0 bridgehead atoms. The van der Waals surface area contributed by atoms with Gasteiger partial charge in [0.05, 0.1) is 5.69 Å². The Kier molecular flexibility index (Phi) is 3.59. The zero-order valence-electron chi connectivity index (χ0n) is 7.89. The highest BCUT2D eigenvalue weighted by Gasteiger charge is 2.32. The zero-order chi connectivity index (χ0) is 13.2. The second-order valence-corrected chi connectivity index (χ2v) is 2.75. The van der Waals surface area contributed by atoms with E-state index in [0.717, 1.165) is 0 Å². The van der Waals surface area contributed by atoms with E-state index in [0.29, 0.717) is 12.1 Å². The van der Waals surface area contributed by atoms with Gasteiger partial charge in [-0.25, -0.2) is 4.39 Å². The largest absolute Gasteiger partial charge is 0.573 e. The van der Waals surface area contributed by atoms with Crippen molar-refractivity contribution in [3.63, 3.8) is 0 Å². The molecule has 0 fully saturated rings. The molecule has 0 aliphatic rings. The molecule has 0 unspecified atom stereocenters. The number of benzene rings is 1. The molecule has 0 heterocycles. The quantitative estimate of drug-likeness (QED) is 0.672. The first-order valence-corrected chi connectivity index (χ1v) is 3.98. The van der Waals surface area contributed by atoms with Gasteiger partial charge in [0.1, 0.15) is 0 Å². The summed E-state index contributed by atoms with van der Waals surface area (Å²) < 4.78 is 79.1. The number of nitrogens with two attached hydrogens (primary N) is 1. The van der Waals surface area contributed by atoms with E-state index in [2.05, 4.69) is 9.47 Å². The van der Waals surface area contributed by atoms with Crippen LogP contribution in [-0.4, -0.2) is 13.0 Å². The van der Waals surface area contributed by atoms with Crippen LogP contribution in [0.1, 0.15) is 0 Å². The summed E-state index contributed by atoms with van der Waals surface area (Å²) in [5.41, 5.74) is 4.33. The molecule has 17 heavy (non-hydrogen) atoms. The van der Waals surface area contributed by atoms with Crippen LogP contribution in [0.25, 0.3) is 0 Å².